The minimum Gasteiger partial charge on any atom is -0.383 e. The molecular weight excluding hydrogens is 221 g/mol. The van der Waals surface area contributed by atoms with Crippen LogP contribution in [0, 0.1) is 5.82 Å². The number of hydrogen-bond acceptors (Lipinski definition) is 4. The third-order valence-corrected chi connectivity index (χ3v) is 2.01. The van der Waals surface area contributed by atoms with E-state index in [2.05, 4.69) is 10.3 Å². The summed E-state index contributed by atoms with van der Waals surface area (Å²) >= 11 is 5.57. The Hall–Kier alpha value is -0.910. The maximum Gasteiger partial charge on any atom is 0.166 e. The Morgan fingerprint density at radius 3 is 3.00 bits per heavy atom. The molecule has 0 aliphatic carbocycles. The van der Waals surface area contributed by atoms with E-state index in [-0.39, 0.29) is 16.9 Å². The molecule has 1 unspecified atom stereocenters. The highest BCUT2D eigenvalue weighted by Crippen LogP contribution is 2.15. The topological polar surface area (TPSA) is 60.2 Å². The molecule has 0 aliphatic rings. The number of ether oxygens (including phenoxy) is 1. The highest BCUT2D eigenvalue weighted by molar-refractivity contribution is 6.30. The minimum atomic E-state index is -0.503. The van der Waals surface area contributed by atoms with Gasteiger partial charge in [0, 0.05) is 19.9 Å². The largest absolute Gasteiger partial charge is 0.383 e. The monoisotopic (exact) mass is 233 g/mol. The normalized spacial score (nSPS) is 12.5. The molecule has 4 nitrogen and oxygen atoms in total. The van der Waals surface area contributed by atoms with Gasteiger partial charge in [-0.3, -0.25) is 0 Å². The van der Waals surface area contributed by atoms with Crippen molar-refractivity contribution in [2.45, 2.75) is 6.04 Å². The molecule has 0 bridgehead atoms. The van der Waals surface area contributed by atoms with Crippen molar-refractivity contribution < 1.29 is 9.13 Å². The summed E-state index contributed by atoms with van der Waals surface area (Å²) in [6.07, 6.45) is 1.37. The predicted molar refractivity (Wildman–Crippen MR) is 57.5 cm³/mol. The first-order valence-corrected chi connectivity index (χ1v) is 4.81. The Bertz CT molecular complexity index is 324. The second-order valence-electron chi connectivity index (χ2n) is 3.02. The molecule has 0 spiro atoms. The van der Waals surface area contributed by atoms with E-state index in [9.17, 15) is 4.39 Å². The number of hydrogen-bond donors (Lipinski definition) is 2. The van der Waals surface area contributed by atoms with Crippen LogP contribution in [0.25, 0.3) is 0 Å². The van der Waals surface area contributed by atoms with Crippen LogP contribution in [0.1, 0.15) is 0 Å². The van der Waals surface area contributed by atoms with E-state index in [1.807, 2.05) is 0 Å². The zero-order chi connectivity index (χ0) is 11.3. The van der Waals surface area contributed by atoms with Gasteiger partial charge in [-0.1, -0.05) is 11.6 Å². The van der Waals surface area contributed by atoms with Gasteiger partial charge in [0.15, 0.2) is 11.6 Å². The van der Waals surface area contributed by atoms with Crippen molar-refractivity contribution in [3.8, 4) is 0 Å². The SMILES string of the molecule is COCC(CN)Nc1ncc(Cl)cc1F. The van der Waals surface area contributed by atoms with E-state index in [1.54, 1.807) is 7.11 Å². The number of methoxy groups -OCH3 is 1. The Balaban J connectivity index is 2.70. The molecular formula is C9H13ClFN3O. The average molecular weight is 234 g/mol. The van der Waals surface area contributed by atoms with Crippen LogP contribution >= 0.6 is 11.6 Å². The molecule has 0 aromatic carbocycles. The van der Waals surface area contributed by atoms with Gasteiger partial charge in [0.1, 0.15) is 0 Å². The number of halogens is 2. The summed E-state index contributed by atoms with van der Waals surface area (Å²) in [4.78, 5) is 3.82. The summed E-state index contributed by atoms with van der Waals surface area (Å²) in [5, 5.41) is 3.09. The van der Waals surface area contributed by atoms with Gasteiger partial charge in [-0.15, -0.1) is 0 Å². The molecule has 0 saturated carbocycles. The van der Waals surface area contributed by atoms with Gasteiger partial charge in [0.05, 0.1) is 17.7 Å². The van der Waals surface area contributed by atoms with E-state index in [0.29, 0.717) is 13.2 Å². The molecule has 0 saturated heterocycles. The van der Waals surface area contributed by atoms with Crippen molar-refractivity contribution in [3.05, 3.63) is 23.1 Å². The molecule has 15 heavy (non-hydrogen) atoms. The summed E-state index contributed by atoms with van der Waals surface area (Å²) < 4.78 is 18.2. The van der Waals surface area contributed by atoms with Crippen LogP contribution in [0.15, 0.2) is 12.3 Å². The Labute approximate surface area is 92.6 Å². The van der Waals surface area contributed by atoms with E-state index in [4.69, 9.17) is 22.1 Å². The summed E-state index contributed by atoms with van der Waals surface area (Å²) in [7, 11) is 1.55. The highest BCUT2D eigenvalue weighted by Gasteiger charge is 2.10. The van der Waals surface area contributed by atoms with Gasteiger partial charge in [0.2, 0.25) is 0 Å². The van der Waals surface area contributed by atoms with Crippen molar-refractivity contribution in [2.24, 2.45) is 5.73 Å². The lowest BCUT2D eigenvalue weighted by Gasteiger charge is -2.16. The van der Waals surface area contributed by atoms with E-state index < -0.39 is 5.82 Å². The summed E-state index contributed by atoms with van der Waals surface area (Å²) in [5.41, 5.74) is 5.47. The smallest absolute Gasteiger partial charge is 0.166 e. The lowest BCUT2D eigenvalue weighted by molar-refractivity contribution is 0.187. The molecule has 0 radical (unpaired) electrons. The summed E-state index contributed by atoms with van der Waals surface area (Å²) in [5.74, 6) is -0.371. The second-order valence-corrected chi connectivity index (χ2v) is 3.45. The second kappa shape index (κ2) is 5.85. The average Bonchev–Trinajstić information content (AvgIpc) is 2.21. The van der Waals surface area contributed by atoms with Crippen molar-refractivity contribution in [3.63, 3.8) is 0 Å². The first-order valence-electron chi connectivity index (χ1n) is 4.44. The van der Waals surface area contributed by atoms with Crippen molar-refractivity contribution >= 4 is 17.4 Å². The fraction of sp³-hybridized carbons (Fsp3) is 0.444. The summed E-state index contributed by atoms with van der Waals surface area (Å²) in [6.45, 7) is 0.720. The number of nitrogens with two attached hydrogens (primary N) is 1. The molecule has 1 atom stereocenters. The van der Waals surface area contributed by atoms with E-state index in [0.717, 1.165) is 0 Å². The number of nitrogens with zero attached hydrogens (tertiary/aromatic N) is 1. The number of nitrogens with one attached hydrogen (secondary N) is 1. The maximum absolute atomic E-state index is 13.3. The molecule has 6 heteroatoms. The molecule has 0 amide bonds. The van der Waals surface area contributed by atoms with Crippen molar-refractivity contribution in [1.29, 1.82) is 0 Å². The lowest BCUT2D eigenvalue weighted by Crippen LogP contribution is -2.33. The fourth-order valence-electron chi connectivity index (χ4n) is 1.08. The highest BCUT2D eigenvalue weighted by atomic mass is 35.5. The number of aromatic nitrogens is 1. The molecule has 1 aromatic rings. The van der Waals surface area contributed by atoms with Gasteiger partial charge in [-0.2, -0.15) is 0 Å². The van der Waals surface area contributed by atoms with Crippen LogP contribution in [0.2, 0.25) is 5.02 Å². The molecule has 3 N–H and O–H groups in total. The van der Waals surface area contributed by atoms with Crippen LogP contribution in [0.3, 0.4) is 0 Å². The van der Waals surface area contributed by atoms with Gasteiger partial charge < -0.3 is 15.8 Å². The number of rotatable bonds is 5. The quantitative estimate of drug-likeness (QED) is 0.804. The van der Waals surface area contributed by atoms with Crippen LogP contribution in [-0.2, 0) is 4.74 Å². The Morgan fingerprint density at radius 1 is 1.73 bits per heavy atom. The first-order chi connectivity index (χ1) is 7.17. The minimum absolute atomic E-state index is 0.131. The molecule has 0 aliphatic heterocycles. The zero-order valence-corrected chi connectivity index (χ0v) is 9.09. The Kier molecular flexibility index (Phi) is 4.74. The number of pyridine rings is 1. The molecule has 0 fully saturated rings. The molecule has 84 valence electrons. The maximum atomic E-state index is 13.3. The fourth-order valence-corrected chi connectivity index (χ4v) is 1.23. The van der Waals surface area contributed by atoms with Gasteiger partial charge in [-0.05, 0) is 6.07 Å². The van der Waals surface area contributed by atoms with Gasteiger partial charge in [0.25, 0.3) is 0 Å². The zero-order valence-electron chi connectivity index (χ0n) is 8.34. The summed E-state index contributed by atoms with van der Waals surface area (Å²) in [6, 6.07) is 1.02. The van der Waals surface area contributed by atoms with Crippen LogP contribution in [-0.4, -0.2) is 31.3 Å². The van der Waals surface area contributed by atoms with Gasteiger partial charge >= 0.3 is 0 Å². The number of anilines is 1. The van der Waals surface area contributed by atoms with E-state index in [1.165, 1.54) is 12.3 Å². The predicted octanol–water partition coefficient (Wildman–Crippen LogP) is 1.26. The lowest BCUT2D eigenvalue weighted by atomic mass is 10.3. The molecule has 1 aromatic heterocycles. The third kappa shape index (κ3) is 3.62. The molecule has 1 rings (SSSR count). The van der Waals surface area contributed by atoms with Crippen LogP contribution in [0.4, 0.5) is 10.2 Å². The van der Waals surface area contributed by atoms with E-state index >= 15 is 0 Å². The van der Waals surface area contributed by atoms with Crippen molar-refractivity contribution in [2.75, 3.05) is 25.6 Å². The first kappa shape index (κ1) is 12.2. The van der Waals surface area contributed by atoms with Crippen LogP contribution < -0.4 is 11.1 Å². The third-order valence-electron chi connectivity index (χ3n) is 1.80. The van der Waals surface area contributed by atoms with Crippen LogP contribution in [0.5, 0.6) is 0 Å². The standard InChI is InChI=1S/C9H13ClFN3O/c1-15-5-7(3-12)14-9-8(11)2-6(10)4-13-9/h2,4,7H,3,5,12H2,1H3,(H,13,14). The molecule has 1 heterocycles. The van der Waals surface area contributed by atoms with Crippen molar-refractivity contribution in [1.82, 2.24) is 4.98 Å². The Morgan fingerprint density at radius 2 is 2.47 bits per heavy atom. The van der Waals surface area contributed by atoms with Gasteiger partial charge in [-0.25, -0.2) is 9.37 Å².